The monoisotopic (exact) mass is 403 g/mol. The molecule has 1 saturated carbocycles. The third kappa shape index (κ3) is 4.46. The van der Waals surface area contributed by atoms with Crippen LogP contribution in [0.4, 0.5) is 5.69 Å². The number of ether oxygens (including phenoxy) is 1. The van der Waals surface area contributed by atoms with Gasteiger partial charge in [-0.3, -0.25) is 9.59 Å². The van der Waals surface area contributed by atoms with Crippen LogP contribution >= 0.6 is 0 Å². The number of carbonyl (C=O) groups is 3. The molecule has 1 fully saturated rings. The summed E-state index contributed by atoms with van der Waals surface area (Å²) in [6.45, 7) is 1.05. The van der Waals surface area contributed by atoms with Crippen molar-refractivity contribution in [3.63, 3.8) is 0 Å². The number of amides is 1. The summed E-state index contributed by atoms with van der Waals surface area (Å²) < 4.78 is 6.80. The smallest absolute Gasteiger partial charge is 0.357 e. The Morgan fingerprint density at radius 2 is 1.77 bits per heavy atom. The lowest BCUT2D eigenvalue weighted by atomic mass is 10.1. The van der Waals surface area contributed by atoms with Gasteiger partial charge in [0.2, 0.25) is 0 Å². The summed E-state index contributed by atoms with van der Waals surface area (Å²) >= 11 is 0. The van der Waals surface area contributed by atoms with Crippen LogP contribution in [-0.2, 0) is 9.53 Å². The van der Waals surface area contributed by atoms with E-state index in [4.69, 9.17) is 4.74 Å². The fourth-order valence-corrected chi connectivity index (χ4v) is 3.08. The number of Topliss-reactive ketones (excluding diaryl/α,β-unsaturated/α-hetero) is 1. The molecule has 30 heavy (non-hydrogen) atoms. The first-order valence-electron chi connectivity index (χ1n) is 9.74. The quantitative estimate of drug-likeness (QED) is 0.479. The molecule has 3 aromatic rings. The molecule has 0 spiro atoms. The number of benzene rings is 2. The number of ketones is 1. The predicted octanol–water partition coefficient (Wildman–Crippen LogP) is 3.75. The number of hydrogen-bond acceptors (Lipinski definition) is 5. The third-order valence-corrected chi connectivity index (χ3v) is 4.84. The van der Waals surface area contributed by atoms with E-state index in [9.17, 15) is 14.4 Å². The average molecular weight is 403 g/mol. The number of carbonyl (C=O) groups excluding carboxylic acids is 3. The molecule has 152 valence electrons. The van der Waals surface area contributed by atoms with Crippen molar-refractivity contribution in [3.8, 4) is 5.69 Å². The third-order valence-electron chi connectivity index (χ3n) is 4.84. The summed E-state index contributed by atoms with van der Waals surface area (Å²) in [7, 11) is 0. The molecule has 1 aromatic heterocycles. The molecular weight excluding hydrogens is 382 g/mol. The van der Waals surface area contributed by atoms with Crippen LogP contribution in [0.25, 0.3) is 5.69 Å². The zero-order valence-corrected chi connectivity index (χ0v) is 16.5. The number of anilines is 1. The molecule has 1 heterocycles. The molecule has 7 heteroatoms. The van der Waals surface area contributed by atoms with Gasteiger partial charge in [0.25, 0.3) is 5.91 Å². The SMILES string of the molecule is CC(=O)c1ccc(NC(=O)COC(=O)c2cc(C3CC3)nn2-c2ccccc2)cc1. The van der Waals surface area contributed by atoms with Gasteiger partial charge in [0.15, 0.2) is 18.1 Å². The van der Waals surface area contributed by atoms with Gasteiger partial charge in [0.1, 0.15) is 0 Å². The highest BCUT2D eigenvalue weighted by molar-refractivity contribution is 5.97. The van der Waals surface area contributed by atoms with Crippen molar-refractivity contribution in [2.75, 3.05) is 11.9 Å². The molecular formula is C23H21N3O4. The Balaban J connectivity index is 1.42. The lowest BCUT2D eigenvalue weighted by Gasteiger charge is -2.09. The lowest BCUT2D eigenvalue weighted by Crippen LogP contribution is -2.22. The van der Waals surface area contributed by atoms with Gasteiger partial charge in [0.05, 0.1) is 11.4 Å². The summed E-state index contributed by atoms with van der Waals surface area (Å²) in [6, 6.07) is 17.6. The van der Waals surface area contributed by atoms with E-state index in [-0.39, 0.29) is 5.78 Å². The van der Waals surface area contributed by atoms with E-state index in [0.29, 0.717) is 22.9 Å². The second-order valence-corrected chi connectivity index (χ2v) is 7.23. The van der Waals surface area contributed by atoms with Crippen molar-refractivity contribution in [1.82, 2.24) is 9.78 Å². The average Bonchev–Trinajstić information content (AvgIpc) is 3.51. The molecule has 1 amide bonds. The summed E-state index contributed by atoms with van der Waals surface area (Å²) in [5, 5.41) is 7.21. The maximum absolute atomic E-state index is 12.7. The molecule has 0 radical (unpaired) electrons. The highest BCUT2D eigenvalue weighted by Gasteiger charge is 2.29. The van der Waals surface area contributed by atoms with Crippen molar-refractivity contribution in [3.05, 3.63) is 77.6 Å². The van der Waals surface area contributed by atoms with Gasteiger partial charge in [-0.2, -0.15) is 5.10 Å². The van der Waals surface area contributed by atoms with Crippen molar-refractivity contribution in [2.24, 2.45) is 0 Å². The van der Waals surface area contributed by atoms with E-state index < -0.39 is 18.5 Å². The Kier molecular flexibility index (Phi) is 5.43. The molecule has 2 aromatic carbocycles. The Morgan fingerprint density at radius 1 is 1.07 bits per heavy atom. The number of para-hydroxylation sites is 1. The predicted molar refractivity (Wildman–Crippen MR) is 111 cm³/mol. The zero-order chi connectivity index (χ0) is 21.1. The molecule has 0 unspecified atom stereocenters. The van der Waals surface area contributed by atoms with Crippen LogP contribution in [0, 0.1) is 0 Å². The number of nitrogens with one attached hydrogen (secondary N) is 1. The van der Waals surface area contributed by atoms with Crippen LogP contribution in [0.2, 0.25) is 0 Å². The molecule has 1 aliphatic carbocycles. The highest BCUT2D eigenvalue weighted by atomic mass is 16.5. The van der Waals surface area contributed by atoms with Gasteiger partial charge < -0.3 is 10.1 Å². The Bertz CT molecular complexity index is 1080. The van der Waals surface area contributed by atoms with Gasteiger partial charge >= 0.3 is 5.97 Å². The summed E-state index contributed by atoms with van der Waals surface area (Å²) in [5.41, 5.74) is 2.99. The van der Waals surface area contributed by atoms with Crippen LogP contribution in [-0.4, -0.2) is 34.0 Å². The van der Waals surface area contributed by atoms with E-state index >= 15 is 0 Å². The van der Waals surface area contributed by atoms with Gasteiger partial charge in [-0.05, 0) is 62.2 Å². The number of aromatic nitrogens is 2. The Hall–Kier alpha value is -3.74. The topological polar surface area (TPSA) is 90.3 Å². The van der Waals surface area contributed by atoms with E-state index in [1.54, 1.807) is 35.0 Å². The number of nitrogens with zero attached hydrogens (tertiary/aromatic N) is 2. The molecule has 1 aliphatic rings. The van der Waals surface area contributed by atoms with E-state index in [1.807, 2.05) is 30.3 Å². The number of rotatable bonds is 7. The van der Waals surface area contributed by atoms with E-state index in [2.05, 4.69) is 10.4 Å². The standard InChI is InChI=1S/C23H21N3O4/c1-15(27)16-9-11-18(12-10-16)24-22(28)14-30-23(29)21-13-20(17-7-8-17)25-26(21)19-5-3-2-4-6-19/h2-6,9-13,17H,7-8,14H2,1H3,(H,24,28). The molecule has 7 nitrogen and oxygen atoms in total. The minimum absolute atomic E-state index is 0.0533. The first-order valence-corrected chi connectivity index (χ1v) is 9.74. The fraction of sp³-hybridized carbons (Fsp3) is 0.217. The number of esters is 1. The van der Waals surface area contributed by atoms with Crippen molar-refractivity contribution >= 4 is 23.3 Å². The number of hydrogen-bond donors (Lipinski definition) is 1. The highest BCUT2D eigenvalue weighted by Crippen LogP contribution is 2.39. The maximum Gasteiger partial charge on any atom is 0.357 e. The summed E-state index contributed by atoms with van der Waals surface area (Å²) in [4.78, 5) is 36.2. The van der Waals surface area contributed by atoms with Crippen LogP contribution in [0.1, 0.15) is 52.2 Å². The normalized spacial score (nSPS) is 13.0. The van der Waals surface area contributed by atoms with Crippen LogP contribution in [0.3, 0.4) is 0 Å². The summed E-state index contributed by atoms with van der Waals surface area (Å²) in [6.07, 6.45) is 2.12. The maximum atomic E-state index is 12.7. The zero-order valence-electron chi connectivity index (χ0n) is 16.5. The van der Waals surface area contributed by atoms with Crippen molar-refractivity contribution in [2.45, 2.75) is 25.7 Å². The molecule has 0 aliphatic heterocycles. The van der Waals surface area contributed by atoms with Crippen molar-refractivity contribution < 1.29 is 19.1 Å². The lowest BCUT2D eigenvalue weighted by molar-refractivity contribution is -0.119. The van der Waals surface area contributed by atoms with Crippen LogP contribution in [0.15, 0.2) is 60.7 Å². The van der Waals surface area contributed by atoms with Crippen LogP contribution in [0.5, 0.6) is 0 Å². The molecule has 4 rings (SSSR count). The molecule has 0 atom stereocenters. The van der Waals surface area contributed by atoms with E-state index in [0.717, 1.165) is 24.2 Å². The van der Waals surface area contributed by atoms with E-state index in [1.165, 1.54) is 6.92 Å². The molecule has 0 saturated heterocycles. The molecule has 1 N–H and O–H groups in total. The fourth-order valence-electron chi connectivity index (χ4n) is 3.08. The van der Waals surface area contributed by atoms with Gasteiger partial charge in [0, 0.05) is 17.2 Å². The second-order valence-electron chi connectivity index (χ2n) is 7.23. The first-order chi connectivity index (χ1) is 14.5. The minimum Gasteiger partial charge on any atom is -0.451 e. The second kappa shape index (κ2) is 8.32. The molecule has 0 bridgehead atoms. The largest absolute Gasteiger partial charge is 0.451 e. The van der Waals surface area contributed by atoms with Gasteiger partial charge in [-0.15, -0.1) is 0 Å². The van der Waals surface area contributed by atoms with Gasteiger partial charge in [-0.1, -0.05) is 18.2 Å². The minimum atomic E-state index is -0.611. The van der Waals surface area contributed by atoms with Crippen molar-refractivity contribution in [1.29, 1.82) is 0 Å². The Morgan fingerprint density at radius 3 is 2.40 bits per heavy atom. The van der Waals surface area contributed by atoms with Gasteiger partial charge in [-0.25, -0.2) is 9.48 Å². The first kappa shape index (κ1) is 19.6. The summed E-state index contributed by atoms with van der Waals surface area (Å²) in [5.74, 6) is -0.752. The van der Waals surface area contributed by atoms with Crippen LogP contribution < -0.4 is 5.32 Å². The Labute approximate surface area is 173 Å².